The minimum atomic E-state index is -1.07. The van der Waals surface area contributed by atoms with Crippen molar-refractivity contribution in [2.45, 2.75) is 124 Å². The fourth-order valence-electron chi connectivity index (χ4n) is 11.2. The number of amides is 5. The molecule has 0 radical (unpaired) electrons. The molecular formula is C53H71N9O7S. The zero-order valence-corrected chi connectivity index (χ0v) is 43.0. The van der Waals surface area contributed by atoms with E-state index in [0.29, 0.717) is 63.5 Å². The monoisotopic (exact) mass is 978 g/mol. The fraction of sp³-hybridized carbons (Fsp3) is 0.566. The number of hydrazine groups is 1. The lowest BCUT2D eigenvalue weighted by atomic mass is 9.72. The number of nitrogens with one attached hydrogen (secondary N) is 2. The van der Waals surface area contributed by atoms with Gasteiger partial charge in [0.25, 0.3) is 5.91 Å². The molecule has 0 saturated carbocycles. The molecular weight excluding hydrogens is 907 g/mol. The molecule has 4 aliphatic heterocycles. The van der Waals surface area contributed by atoms with Crippen LogP contribution in [0.15, 0.2) is 54.6 Å². The number of rotatable bonds is 9. The van der Waals surface area contributed by atoms with Gasteiger partial charge in [0.2, 0.25) is 11.8 Å². The van der Waals surface area contributed by atoms with Crippen molar-refractivity contribution < 1.29 is 33.4 Å². The van der Waals surface area contributed by atoms with Gasteiger partial charge in [-0.25, -0.2) is 15.2 Å². The van der Waals surface area contributed by atoms with Crippen LogP contribution in [0, 0.1) is 16.7 Å². The number of aryl methyl sites for hydroxylation is 1. The SMILES string of the molecule is C=CC(=O)N1CCCC2(CCN(C(=O)N(C)[C@H](C(=O)N[C@H]3Cc4nc(cs4)-c4ccc5c(c4)c(c(-c4cccnc4[C@H](C)OC)n5CC)CC(C)(C)COC(=O)[C@@H]4CCCN(N4)C3=O)C(C)C)CC2)C1. The summed E-state index contributed by atoms with van der Waals surface area (Å²) in [5.41, 5.74) is 9.27. The predicted octanol–water partition coefficient (Wildman–Crippen LogP) is 7.17. The van der Waals surface area contributed by atoms with Gasteiger partial charge in [0.05, 0.1) is 34.8 Å². The van der Waals surface area contributed by atoms with E-state index in [2.05, 4.69) is 66.9 Å². The fourth-order valence-corrected chi connectivity index (χ4v) is 12.0. The Kier molecular flexibility index (Phi) is 15.2. The summed E-state index contributed by atoms with van der Waals surface area (Å²) in [4.78, 5) is 85.2. The first-order valence-corrected chi connectivity index (χ1v) is 25.9. The number of nitrogens with zero attached hydrogens (tertiary/aromatic N) is 7. The lowest BCUT2D eigenvalue weighted by Gasteiger charge is -2.48. The number of hydrogen-bond acceptors (Lipinski definition) is 11. The van der Waals surface area contributed by atoms with E-state index in [1.807, 2.05) is 37.1 Å². The second kappa shape index (κ2) is 21.0. The number of ether oxygens (including phenoxy) is 2. The smallest absolute Gasteiger partial charge is 0.324 e. The summed E-state index contributed by atoms with van der Waals surface area (Å²) < 4.78 is 14.3. The molecule has 2 N–H and O–H groups in total. The molecule has 0 unspecified atom stereocenters. The minimum absolute atomic E-state index is 0.0527. The highest BCUT2D eigenvalue weighted by Gasteiger charge is 2.43. The Morgan fingerprint density at radius 3 is 2.56 bits per heavy atom. The van der Waals surface area contributed by atoms with Gasteiger partial charge < -0.3 is 34.1 Å². The van der Waals surface area contributed by atoms with Gasteiger partial charge in [0.15, 0.2) is 0 Å². The number of esters is 1. The Morgan fingerprint density at radius 2 is 1.84 bits per heavy atom. The number of hydrogen-bond donors (Lipinski definition) is 2. The van der Waals surface area contributed by atoms with Crippen molar-refractivity contribution in [3.05, 3.63) is 70.8 Å². The van der Waals surface area contributed by atoms with Gasteiger partial charge in [-0.3, -0.25) is 29.2 Å². The van der Waals surface area contributed by atoms with E-state index in [1.54, 1.807) is 25.3 Å². The van der Waals surface area contributed by atoms with Crippen LogP contribution in [-0.2, 0) is 48.0 Å². The summed E-state index contributed by atoms with van der Waals surface area (Å²) in [6.07, 6.45) is 8.02. The molecule has 376 valence electrons. The number of methoxy groups -OCH3 is 1. The number of piperidine rings is 2. The van der Waals surface area contributed by atoms with Crippen LogP contribution < -0.4 is 10.7 Å². The molecule has 7 heterocycles. The molecule has 3 aromatic heterocycles. The Hall–Kier alpha value is -5.65. The van der Waals surface area contributed by atoms with Crippen LogP contribution in [0.25, 0.3) is 33.4 Å². The Balaban J connectivity index is 1.10. The molecule has 0 aliphatic carbocycles. The van der Waals surface area contributed by atoms with Gasteiger partial charge in [0.1, 0.15) is 18.1 Å². The van der Waals surface area contributed by atoms with Crippen LogP contribution in [0.3, 0.4) is 0 Å². The number of carbonyl (C=O) groups is 5. The van der Waals surface area contributed by atoms with Crippen molar-refractivity contribution in [3.63, 3.8) is 0 Å². The summed E-state index contributed by atoms with van der Waals surface area (Å²) >= 11 is 1.42. The first-order chi connectivity index (χ1) is 33.5. The van der Waals surface area contributed by atoms with Gasteiger partial charge in [-0.05, 0) is 106 Å². The van der Waals surface area contributed by atoms with E-state index < -0.39 is 41.3 Å². The van der Waals surface area contributed by atoms with Crippen molar-refractivity contribution in [2.24, 2.45) is 16.7 Å². The predicted molar refractivity (Wildman–Crippen MR) is 270 cm³/mol. The average Bonchev–Trinajstić information content (AvgIpc) is 3.95. The number of likely N-dealkylation sites (N-methyl/N-ethyl adjacent to an activating group) is 1. The minimum Gasteiger partial charge on any atom is -0.464 e. The van der Waals surface area contributed by atoms with Crippen molar-refractivity contribution in [3.8, 4) is 22.5 Å². The number of carbonyl (C=O) groups excluding carboxylic acids is 5. The van der Waals surface area contributed by atoms with E-state index in [4.69, 9.17) is 19.4 Å². The first kappa shape index (κ1) is 50.7. The summed E-state index contributed by atoms with van der Waals surface area (Å²) in [5, 5.41) is 8.20. The molecule has 4 aliphatic rings. The number of benzene rings is 1. The lowest BCUT2D eigenvalue weighted by molar-refractivity contribution is -0.155. The van der Waals surface area contributed by atoms with Gasteiger partial charge in [-0.2, -0.15) is 0 Å². The van der Waals surface area contributed by atoms with Gasteiger partial charge in [-0.15, -0.1) is 11.3 Å². The molecule has 3 saturated heterocycles. The molecule has 70 heavy (non-hydrogen) atoms. The number of cyclic esters (lactones) is 1. The van der Waals surface area contributed by atoms with Gasteiger partial charge in [0, 0.05) is 98.9 Å². The molecule has 4 atom stereocenters. The number of fused-ring (bicyclic) bond motifs is 6. The highest BCUT2D eigenvalue weighted by molar-refractivity contribution is 7.10. The van der Waals surface area contributed by atoms with E-state index in [1.165, 1.54) is 27.3 Å². The zero-order valence-electron chi connectivity index (χ0n) is 42.2. The van der Waals surface area contributed by atoms with Crippen molar-refractivity contribution in [1.82, 2.24) is 45.0 Å². The Bertz CT molecular complexity index is 2610. The highest BCUT2D eigenvalue weighted by atomic mass is 32.1. The third-order valence-corrected chi connectivity index (χ3v) is 15.9. The molecule has 6 bridgehead atoms. The maximum absolute atomic E-state index is 14.7. The van der Waals surface area contributed by atoms with Crippen molar-refractivity contribution in [1.29, 1.82) is 0 Å². The summed E-state index contributed by atoms with van der Waals surface area (Å²) in [5.74, 6) is -1.67. The van der Waals surface area contributed by atoms with Crippen LogP contribution in [0.1, 0.15) is 102 Å². The highest BCUT2D eigenvalue weighted by Crippen LogP contribution is 2.43. The van der Waals surface area contributed by atoms with Crippen molar-refractivity contribution >= 4 is 52.0 Å². The molecule has 3 fully saturated rings. The molecule has 16 nitrogen and oxygen atoms in total. The topological polar surface area (TPSA) is 172 Å². The van der Waals surface area contributed by atoms with Crippen LogP contribution in [0.4, 0.5) is 4.79 Å². The number of aromatic nitrogens is 3. The third kappa shape index (κ3) is 10.4. The van der Waals surface area contributed by atoms with E-state index >= 15 is 0 Å². The quantitative estimate of drug-likeness (QED) is 0.130. The largest absolute Gasteiger partial charge is 0.464 e. The van der Waals surface area contributed by atoms with Crippen LogP contribution >= 0.6 is 11.3 Å². The number of urea groups is 1. The van der Waals surface area contributed by atoms with Gasteiger partial charge in [-0.1, -0.05) is 40.3 Å². The first-order valence-electron chi connectivity index (χ1n) is 25.0. The van der Waals surface area contributed by atoms with E-state index in [9.17, 15) is 24.0 Å². The maximum atomic E-state index is 14.7. The molecule has 4 aromatic rings. The van der Waals surface area contributed by atoms with Crippen molar-refractivity contribution in [2.75, 3.05) is 53.5 Å². The maximum Gasteiger partial charge on any atom is 0.324 e. The second-order valence-electron chi connectivity index (χ2n) is 20.9. The lowest BCUT2D eigenvalue weighted by Crippen LogP contribution is -2.62. The third-order valence-electron chi connectivity index (χ3n) is 15.0. The molecule has 8 rings (SSSR count). The number of likely N-dealkylation sites (tertiary alicyclic amines) is 2. The summed E-state index contributed by atoms with van der Waals surface area (Å²) in [6.45, 7) is 19.3. The molecule has 5 amide bonds. The Morgan fingerprint density at radius 1 is 1.07 bits per heavy atom. The van der Waals surface area contributed by atoms with Gasteiger partial charge >= 0.3 is 12.0 Å². The number of pyridine rings is 1. The van der Waals surface area contributed by atoms with Crippen LogP contribution in [0.2, 0.25) is 0 Å². The van der Waals surface area contributed by atoms with E-state index in [-0.39, 0.29) is 42.4 Å². The zero-order chi connectivity index (χ0) is 50.1. The number of thiazole rings is 1. The molecule has 17 heteroatoms. The van der Waals surface area contributed by atoms with Crippen LogP contribution in [-0.4, -0.2) is 136 Å². The second-order valence-corrected chi connectivity index (χ2v) is 21.9. The Labute approximate surface area is 416 Å². The normalized spacial score (nSPS) is 21.5. The molecule has 1 aromatic carbocycles. The standard InChI is InChI=1S/C53H71N9O7S/c1-10-44(63)60-23-14-19-53(31-60)20-25-59(26-21-53)51(67)58(8)46(33(3)4)48(64)56-40-28-43-55-41(30-70-43)35-17-18-42-37(27-35)38(47(61(42)11-2)36-15-12-22-54-45(36)34(5)68-9)29-52(6,7)32-69-50(66)39-16-13-24-62(57-39)49(40)65/h10,12,15,17-18,22,27,30,33-34,39-40,46,57H,1,11,13-14,16,19-21,23-26,28-29,31-32H2,2-9H3,(H,56,64)/t34-,39-,40-,46-/m0/s1. The summed E-state index contributed by atoms with van der Waals surface area (Å²) in [7, 11) is 3.34. The van der Waals surface area contributed by atoms with Crippen LogP contribution in [0.5, 0.6) is 0 Å². The summed E-state index contributed by atoms with van der Waals surface area (Å²) in [6, 6.07) is 7.44. The average molecular weight is 978 g/mol. The molecule has 1 spiro atoms. The van der Waals surface area contributed by atoms with E-state index in [0.717, 1.165) is 70.4 Å².